The zero-order chi connectivity index (χ0) is 11.7. The third-order valence-electron chi connectivity index (χ3n) is 3.48. The van der Waals surface area contributed by atoms with Gasteiger partial charge in [-0.2, -0.15) is 0 Å². The SMILES string of the molecule is CC1=C(c2cc(C)ccc2C)CCN(C)C1. The van der Waals surface area contributed by atoms with Crippen molar-refractivity contribution in [2.75, 3.05) is 20.1 Å². The molecule has 0 atom stereocenters. The third kappa shape index (κ3) is 2.19. The zero-order valence-corrected chi connectivity index (χ0v) is 10.8. The fourth-order valence-electron chi connectivity index (χ4n) is 2.52. The molecule has 0 saturated carbocycles. The maximum absolute atomic E-state index is 2.39. The van der Waals surface area contributed by atoms with Crippen LogP contribution in [-0.4, -0.2) is 25.0 Å². The molecule has 1 nitrogen and oxygen atoms in total. The van der Waals surface area contributed by atoms with Gasteiger partial charge in [-0.3, -0.25) is 0 Å². The highest BCUT2D eigenvalue weighted by Gasteiger charge is 2.15. The van der Waals surface area contributed by atoms with Gasteiger partial charge in [0.2, 0.25) is 0 Å². The van der Waals surface area contributed by atoms with Crippen molar-refractivity contribution in [1.29, 1.82) is 0 Å². The standard InChI is InChI=1S/C15H21N/c1-11-5-6-12(2)15(9-11)14-7-8-16(4)10-13(14)3/h5-6,9H,7-8,10H2,1-4H3. The molecular weight excluding hydrogens is 194 g/mol. The molecule has 0 aromatic heterocycles. The van der Waals surface area contributed by atoms with Gasteiger partial charge in [-0.25, -0.2) is 0 Å². The second-order valence-electron chi connectivity index (χ2n) is 5.07. The first-order valence-corrected chi connectivity index (χ1v) is 6.02. The molecule has 1 heteroatoms. The van der Waals surface area contributed by atoms with E-state index < -0.39 is 0 Å². The highest BCUT2D eigenvalue weighted by Crippen LogP contribution is 2.29. The predicted molar refractivity (Wildman–Crippen MR) is 70.6 cm³/mol. The molecule has 1 aromatic carbocycles. The molecule has 2 rings (SSSR count). The highest BCUT2D eigenvalue weighted by molar-refractivity contribution is 5.72. The van der Waals surface area contributed by atoms with Gasteiger partial charge in [-0.05, 0) is 50.9 Å². The second-order valence-corrected chi connectivity index (χ2v) is 5.07. The van der Waals surface area contributed by atoms with Crippen molar-refractivity contribution >= 4 is 5.57 Å². The van der Waals surface area contributed by atoms with Gasteiger partial charge in [0.15, 0.2) is 0 Å². The molecule has 0 bridgehead atoms. The van der Waals surface area contributed by atoms with E-state index >= 15 is 0 Å². The van der Waals surface area contributed by atoms with E-state index in [1.807, 2.05) is 0 Å². The Morgan fingerprint density at radius 3 is 2.56 bits per heavy atom. The molecule has 86 valence electrons. The highest BCUT2D eigenvalue weighted by atomic mass is 15.1. The monoisotopic (exact) mass is 215 g/mol. The van der Waals surface area contributed by atoms with Crippen LogP contribution in [0.25, 0.3) is 5.57 Å². The summed E-state index contributed by atoms with van der Waals surface area (Å²) in [5.74, 6) is 0. The molecule has 0 amide bonds. The van der Waals surface area contributed by atoms with Gasteiger partial charge in [0.25, 0.3) is 0 Å². The molecule has 0 spiro atoms. The quantitative estimate of drug-likeness (QED) is 0.694. The topological polar surface area (TPSA) is 3.24 Å². The number of hydrogen-bond acceptors (Lipinski definition) is 1. The van der Waals surface area contributed by atoms with Crippen molar-refractivity contribution < 1.29 is 0 Å². The van der Waals surface area contributed by atoms with Gasteiger partial charge in [-0.1, -0.05) is 29.3 Å². The summed E-state index contributed by atoms with van der Waals surface area (Å²) in [7, 11) is 2.20. The van der Waals surface area contributed by atoms with Gasteiger partial charge in [-0.15, -0.1) is 0 Å². The minimum atomic E-state index is 1.11. The van der Waals surface area contributed by atoms with Gasteiger partial charge in [0.1, 0.15) is 0 Å². The van der Waals surface area contributed by atoms with E-state index in [0.29, 0.717) is 0 Å². The number of aryl methyl sites for hydroxylation is 2. The summed E-state index contributed by atoms with van der Waals surface area (Å²) in [4.78, 5) is 2.39. The van der Waals surface area contributed by atoms with Crippen LogP contribution in [0.1, 0.15) is 30.0 Å². The first kappa shape index (κ1) is 11.4. The largest absolute Gasteiger partial charge is 0.302 e. The number of hydrogen-bond donors (Lipinski definition) is 0. The Hall–Kier alpha value is -1.08. The molecule has 0 N–H and O–H groups in total. The average molecular weight is 215 g/mol. The average Bonchev–Trinajstić information content (AvgIpc) is 2.22. The van der Waals surface area contributed by atoms with Gasteiger partial charge in [0.05, 0.1) is 0 Å². The van der Waals surface area contributed by atoms with Crippen LogP contribution in [0.3, 0.4) is 0 Å². The van der Waals surface area contributed by atoms with Crippen LogP contribution in [0.15, 0.2) is 23.8 Å². The molecular formula is C15H21N. The summed E-state index contributed by atoms with van der Waals surface area (Å²) in [6.45, 7) is 8.96. The maximum atomic E-state index is 2.39. The fourth-order valence-corrected chi connectivity index (χ4v) is 2.52. The van der Waals surface area contributed by atoms with Crippen LogP contribution >= 0.6 is 0 Å². The zero-order valence-electron chi connectivity index (χ0n) is 10.8. The van der Waals surface area contributed by atoms with Crippen LogP contribution in [0.2, 0.25) is 0 Å². The lowest BCUT2D eigenvalue weighted by Gasteiger charge is -2.27. The lowest BCUT2D eigenvalue weighted by atomic mass is 9.90. The minimum absolute atomic E-state index is 1.11. The summed E-state index contributed by atoms with van der Waals surface area (Å²) in [6.07, 6.45) is 1.19. The summed E-state index contributed by atoms with van der Waals surface area (Å²) in [5.41, 5.74) is 7.33. The van der Waals surface area contributed by atoms with Crippen LogP contribution in [-0.2, 0) is 0 Å². The smallest absolute Gasteiger partial charge is 0.0193 e. The Morgan fingerprint density at radius 1 is 1.12 bits per heavy atom. The lowest BCUT2D eigenvalue weighted by Crippen LogP contribution is -2.26. The Balaban J connectivity index is 2.44. The van der Waals surface area contributed by atoms with Crippen molar-refractivity contribution in [2.24, 2.45) is 0 Å². The summed E-state index contributed by atoms with van der Waals surface area (Å²) in [6, 6.07) is 6.77. The van der Waals surface area contributed by atoms with E-state index in [-0.39, 0.29) is 0 Å². The van der Waals surface area contributed by atoms with Gasteiger partial charge >= 0.3 is 0 Å². The second kappa shape index (κ2) is 4.42. The van der Waals surface area contributed by atoms with E-state index in [0.717, 1.165) is 6.54 Å². The summed E-state index contributed by atoms with van der Waals surface area (Å²) < 4.78 is 0. The molecule has 0 radical (unpaired) electrons. The Morgan fingerprint density at radius 2 is 1.88 bits per heavy atom. The lowest BCUT2D eigenvalue weighted by molar-refractivity contribution is 0.359. The molecule has 1 aliphatic heterocycles. The van der Waals surface area contributed by atoms with Crippen LogP contribution in [0, 0.1) is 13.8 Å². The Labute approximate surface area is 98.8 Å². The first-order valence-electron chi connectivity index (χ1n) is 6.02. The third-order valence-corrected chi connectivity index (χ3v) is 3.48. The number of benzene rings is 1. The Kier molecular flexibility index (Phi) is 3.15. The number of rotatable bonds is 1. The normalized spacial score (nSPS) is 18.0. The summed E-state index contributed by atoms with van der Waals surface area (Å²) >= 11 is 0. The molecule has 16 heavy (non-hydrogen) atoms. The van der Waals surface area contributed by atoms with Gasteiger partial charge < -0.3 is 4.90 Å². The van der Waals surface area contributed by atoms with Crippen LogP contribution in [0.4, 0.5) is 0 Å². The molecule has 0 saturated heterocycles. The van der Waals surface area contributed by atoms with Crippen molar-refractivity contribution in [1.82, 2.24) is 4.90 Å². The van der Waals surface area contributed by atoms with Crippen LogP contribution < -0.4 is 0 Å². The van der Waals surface area contributed by atoms with Crippen molar-refractivity contribution in [3.63, 3.8) is 0 Å². The van der Waals surface area contributed by atoms with E-state index in [1.54, 1.807) is 5.57 Å². The Bertz CT molecular complexity index is 429. The fraction of sp³-hybridized carbons (Fsp3) is 0.467. The van der Waals surface area contributed by atoms with Crippen LogP contribution in [0.5, 0.6) is 0 Å². The van der Waals surface area contributed by atoms with Crippen molar-refractivity contribution in [2.45, 2.75) is 27.2 Å². The summed E-state index contributed by atoms with van der Waals surface area (Å²) in [5, 5.41) is 0. The minimum Gasteiger partial charge on any atom is -0.302 e. The molecule has 1 heterocycles. The van der Waals surface area contributed by atoms with Crippen molar-refractivity contribution in [3.8, 4) is 0 Å². The van der Waals surface area contributed by atoms with Crippen molar-refractivity contribution in [3.05, 3.63) is 40.5 Å². The van der Waals surface area contributed by atoms with E-state index in [1.165, 1.54) is 35.2 Å². The molecule has 1 aromatic rings. The predicted octanol–water partition coefficient (Wildman–Crippen LogP) is 3.41. The number of nitrogens with zero attached hydrogens (tertiary/aromatic N) is 1. The van der Waals surface area contributed by atoms with E-state index in [9.17, 15) is 0 Å². The first-order chi connectivity index (χ1) is 7.58. The van der Waals surface area contributed by atoms with Gasteiger partial charge in [0, 0.05) is 13.1 Å². The van der Waals surface area contributed by atoms with E-state index in [4.69, 9.17) is 0 Å². The number of likely N-dealkylation sites (N-methyl/N-ethyl adjacent to an activating group) is 1. The molecule has 0 aliphatic carbocycles. The van der Waals surface area contributed by atoms with E-state index in [2.05, 4.69) is 50.9 Å². The molecule has 1 aliphatic rings. The maximum Gasteiger partial charge on any atom is 0.0193 e. The molecule has 0 fully saturated rings. The molecule has 0 unspecified atom stereocenters.